The first kappa shape index (κ1) is 16.4. The molecule has 0 radical (unpaired) electrons. The zero-order chi connectivity index (χ0) is 17.4. The van der Waals surface area contributed by atoms with Crippen LogP contribution in [0, 0.1) is 12.8 Å². The van der Waals surface area contributed by atoms with Crippen LogP contribution in [-0.2, 0) is 11.2 Å². The average molecular weight is 341 g/mol. The number of rotatable bonds is 5. The van der Waals surface area contributed by atoms with Gasteiger partial charge in [0.1, 0.15) is 11.5 Å². The number of aromatic nitrogens is 2. The quantitative estimate of drug-likeness (QED) is 0.900. The molecule has 1 aliphatic heterocycles. The van der Waals surface area contributed by atoms with Crippen LogP contribution in [0.1, 0.15) is 67.4 Å². The zero-order valence-electron chi connectivity index (χ0n) is 15.1. The fourth-order valence-corrected chi connectivity index (χ4v) is 3.93. The second kappa shape index (κ2) is 6.70. The normalized spacial score (nSPS) is 26.0. The summed E-state index contributed by atoms with van der Waals surface area (Å²) < 4.78 is 5.92. The van der Waals surface area contributed by atoms with Gasteiger partial charge in [0, 0.05) is 43.5 Å². The summed E-state index contributed by atoms with van der Waals surface area (Å²) in [6.45, 7) is 5.92. The van der Waals surface area contributed by atoms with E-state index >= 15 is 0 Å². The molecule has 2 aliphatic rings. The first-order valence-electron chi connectivity index (χ1n) is 9.48. The van der Waals surface area contributed by atoms with Crippen molar-refractivity contribution in [1.29, 1.82) is 0 Å². The molecule has 4 rings (SSSR count). The Morgan fingerprint density at radius 2 is 2.28 bits per heavy atom. The highest BCUT2D eigenvalue weighted by Gasteiger charge is 2.36. The monoisotopic (exact) mass is 341 g/mol. The topological polar surface area (TPSA) is 62.1 Å². The van der Waals surface area contributed by atoms with Crippen molar-refractivity contribution in [3.63, 3.8) is 0 Å². The van der Waals surface area contributed by atoms with Crippen LogP contribution in [0.3, 0.4) is 0 Å². The lowest BCUT2D eigenvalue weighted by Gasteiger charge is -2.32. The molecule has 0 aromatic carbocycles. The van der Waals surface area contributed by atoms with Crippen LogP contribution in [0.5, 0.6) is 0 Å². The fraction of sp³-hybridized carbons (Fsp3) is 0.600. The summed E-state index contributed by atoms with van der Waals surface area (Å²) in [5.74, 6) is 3.98. The SMILES string of the molecule is Cc1cc([C@@H]2CCCN(C(=O)CCc3ccc([C@H]4C[C@H]4C)o3)C2)n[nH]1. The standard InChI is InChI=1S/C20H27N3O2/c1-13-10-17(13)19-7-5-16(25-19)6-8-20(24)23-9-3-4-15(12-23)18-11-14(2)21-22-18/h5,7,11,13,15,17H,3-4,6,8-10,12H2,1-2H3,(H,21,22)/t13-,15-,17+/m1/s1. The molecule has 3 atom stereocenters. The molecule has 1 saturated carbocycles. The van der Waals surface area contributed by atoms with Gasteiger partial charge < -0.3 is 9.32 Å². The molecule has 1 aliphatic carbocycles. The van der Waals surface area contributed by atoms with Crippen LogP contribution < -0.4 is 0 Å². The van der Waals surface area contributed by atoms with Gasteiger partial charge in [-0.2, -0.15) is 5.10 Å². The predicted molar refractivity (Wildman–Crippen MR) is 95.4 cm³/mol. The molecular formula is C20H27N3O2. The minimum Gasteiger partial charge on any atom is -0.466 e. The number of piperidine rings is 1. The van der Waals surface area contributed by atoms with Crippen LogP contribution in [0.15, 0.2) is 22.6 Å². The van der Waals surface area contributed by atoms with Crippen LogP contribution in [0.4, 0.5) is 0 Å². The van der Waals surface area contributed by atoms with E-state index in [9.17, 15) is 4.79 Å². The van der Waals surface area contributed by atoms with E-state index in [1.165, 1.54) is 6.42 Å². The van der Waals surface area contributed by atoms with Gasteiger partial charge in [-0.05, 0) is 50.3 Å². The maximum absolute atomic E-state index is 12.6. The van der Waals surface area contributed by atoms with Crippen molar-refractivity contribution < 1.29 is 9.21 Å². The molecule has 0 bridgehead atoms. The van der Waals surface area contributed by atoms with Gasteiger partial charge in [-0.25, -0.2) is 0 Å². The van der Waals surface area contributed by atoms with E-state index in [1.807, 2.05) is 17.9 Å². The van der Waals surface area contributed by atoms with Crippen LogP contribution in [0.25, 0.3) is 0 Å². The smallest absolute Gasteiger partial charge is 0.223 e. The fourth-order valence-electron chi connectivity index (χ4n) is 3.93. The molecular weight excluding hydrogens is 314 g/mol. The van der Waals surface area contributed by atoms with E-state index in [1.54, 1.807) is 0 Å². The van der Waals surface area contributed by atoms with Crippen LogP contribution in [-0.4, -0.2) is 34.1 Å². The number of carbonyl (C=O) groups excluding carboxylic acids is 1. The maximum Gasteiger partial charge on any atom is 0.223 e. The highest BCUT2D eigenvalue weighted by molar-refractivity contribution is 5.76. The second-order valence-electron chi connectivity index (χ2n) is 7.78. The van der Waals surface area contributed by atoms with E-state index in [-0.39, 0.29) is 5.91 Å². The average Bonchev–Trinajstić information content (AvgIpc) is 3.02. The van der Waals surface area contributed by atoms with E-state index in [0.29, 0.717) is 24.7 Å². The number of aryl methyl sites for hydroxylation is 2. The van der Waals surface area contributed by atoms with Gasteiger partial charge in [-0.3, -0.25) is 9.89 Å². The van der Waals surface area contributed by atoms with E-state index in [2.05, 4.69) is 29.3 Å². The number of likely N-dealkylation sites (tertiary alicyclic amines) is 1. The van der Waals surface area contributed by atoms with Gasteiger partial charge in [0.25, 0.3) is 0 Å². The van der Waals surface area contributed by atoms with Gasteiger partial charge in [0.15, 0.2) is 0 Å². The molecule has 1 N–H and O–H groups in total. The number of aromatic amines is 1. The van der Waals surface area contributed by atoms with E-state index < -0.39 is 0 Å². The summed E-state index contributed by atoms with van der Waals surface area (Å²) in [4.78, 5) is 14.6. The second-order valence-corrected chi connectivity index (χ2v) is 7.78. The maximum atomic E-state index is 12.6. The Morgan fingerprint density at radius 1 is 1.44 bits per heavy atom. The van der Waals surface area contributed by atoms with Crippen molar-refractivity contribution in [3.05, 3.63) is 41.1 Å². The third-order valence-corrected chi connectivity index (χ3v) is 5.66. The highest BCUT2D eigenvalue weighted by Crippen LogP contribution is 2.47. The molecule has 5 nitrogen and oxygen atoms in total. The van der Waals surface area contributed by atoms with Gasteiger partial charge in [-0.15, -0.1) is 0 Å². The first-order chi connectivity index (χ1) is 12.1. The van der Waals surface area contributed by atoms with E-state index in [0.717, 1.165) is 54.8 Å². The van der Waals surface area contributed by atoms with Crippen molar-refractivity contribution >= 4 is 5.91 Å². The van der Waals surface area contributed by atoms with Crippen molar-refractivity contribution in [3.8, 4) is 0 Å². The van der Waals surface area contributed by atoms with Crippen molar-refractivity contribution in [1.82, 2.24) is 15.1 Å². The molecule has 0 spiro atoms. The molecule has 1 saturated heterocycles. The Hall–Kier alpha value is -2.04. The number of furan rings is 1. The summed E-state index contributed by atoms with van der Waals surface area (Å²) in [6, 6.07) is 6.23. The lowest BCUT2D eigenvalue weighted by molar-refractivity contribution is -0.132. The van der Waals surface area contributed by atoms with Gasteiger partial charge in [-0.1, -0.05) is 6.92 Å². The number of nitrogens with zero attached hydrogens (tertiary/aromatic N) is 2. The molecule has 0 unspecified atom stereocenters. The summed E-state index contributed by atoms with van der Waals surface area (Å²) >= 11 is 0. The summed E-state index contributed by atoms with van der Waals surface area (Å²) in [5, 5.41) is 7.39. The third-order valence-electron chi connectivity index (χ3n) is 5.66. The third kappa shape index (κ3) is 3.65. The van der Waals surface area contributed by atoms with Gasteiger partial charge in [0.05, 0.1) is 5.69 Å². The van der Waals surface area contributed by atoms with Gasteiger partial charge in [0.2, 0.25) is 5.91 Å². The Kier molecular flexibility index (Phi) is 4.40. The number of H-pyrrole nitrogens is 1. The first-order valence-corrected chi connectivity index (χ1v) is 9.48. The molecule has 134 valence electrons. The number of amides is 1. The minimum atomic E-state index is 0.231. The number of carbonyl (C=O) groups is 1. The molecule has 25 heavy (non-hydrogen) atoms. The number of hydrogen-bond acceptors (Lipinski definition) is 3. The Labute approximate surface area is 148 Å². The Morgan fingerprint density at radius 3 is 3.00 bits per heavy atom. The van der Waals surface area contributed by atoms with Crippen molar-refractivity contribution in [2.75, 3.05) is 13.1 Å². The van der Waals surface area contributed by atoms with Crippen molar-refractivity contribution in [2.24, 2.45) is 5.92 Å². The Balaban J connectivity index is 1.30. The minimum absolute atomic E-state index is 0.231. The molecule has 3 heterocycles. The highest BCUT2D eigenvalue weighted by atomic mass is 16.3. The number of hydrogen-bond donors (Lipinski definition) is 1. The lowest BCUT2D eigenvalue weighted by atomic mass is 9.94. The lowest BCUT2D eigenvalue weighted by Crippen LogP contribution is -2.39. The molecule has 5 heteroatoms. The van der Waals surface area contributed by atoms with Crippen LogP contribution >= 0.6 is 0 Å². The summed E-state index contributed by atoms with van der Waals surface area (Å²) in [6.07, 6.45) is 4.61. The summed E-state index contributed by atoms with van der Waals surface area (Å²) in [7, 11) is 0. The predicted octanol–water partition coefficient (Wildman–Crippen LogP) is 3.77. The number of nitrogens with one attached hydrogen (secondary N) is 1. The molecule has 2 fully saturated rings. The molecule has 2 aromatic rings. The molecule has 2 aromatic heterocycles. The summed E-state index contributed by atoms with van der Waals surface area (Å²) in [5.41, 5.74) is 2.17. The van der Waals surface area contributed by atoms with E-state index in [4.69, 9.17) is 4.42 Å². The van der Waals surface area contributed by atoms with Crippen LogP contribution in [0.2, 0.25) is 0 Å². The largest absolute Gasteiger partial charge is 0.466 e. The van der Waals surface area contributed by atoms with Gasteiger partial charge >= 0.3 is 0 Å². The van der Waals surface area contributed by atoms with Crippen molar-refractivity contribution in [2.45, 2.75) is 57.8 Å². The molecule has 1 amide bonds. The zero-order valence-corrected chi connectivity index (χ0v) is 15.1. The Bertz CT molecular complexity index is 748.